The Morgan fingerprint density at radius 1 is 1.38 bits per heavy atom. The molecule has 0 spiro atoms. The van der Waals surface area contributed by atoms with Crippen molar-refractivity contribution in [2.24, 2.45) is 0 Å². The summed E-state index contributed by atoms with van der Waals surface area (Å²) in [5, 5.41) is 3.58. The van der Waals surface area contributed by atoms with Crippen LogP contribution in [0.4, 0.5) is 0 Å². The molecule has 0 amide bonds. The normalized spacial score (nSPS) is 16.8. The smallest absolute Gasteiger partial charge is 0.0441 e. The van der Waals surface area contributed by atoms with E-state index in [2.05, 4.69) is 34.2 Å². The molecule has 4 heteroatoms. The minimum absolute atomic E-state index is 0.185. The van der Waals surface area contributed by atoms with Gasteiger partial charge in [0.05, 0.1) is 0 Å². The Kier molecular flexibility index (Phi) is 5.66. The number of rotatable bonds is 5. The van der Waals surface area contributed by atoms with E-state index in [0.29, 0.717) is 0 Å². The van der Waals surface area contributed by atoms with Crippen molar-refractivity contribution in [1.82, 2.24) is 5.32 Å². The fourth-order valence-electron chi connectivity index (χ4n) is 1.40. The molecule has 0 fully saturated rings. The van der Waals surface area contributed by atoms with Gasteiger partial charge >= 0.3 is 0 Å². The van der Waals surface area contributed by atoms with Crippen molar-refractivity contribution in [2.75, 3.05) is 12.8 Å². The van der Waals surface area contributed by atoms with Crippen LogP contribution in [0.1, 0.15) is 25.5 Å². The largest absolute Gasteiger partial charge is 0.309 e. The molecule has 0 saturated carbocycles. The topological polar surface area (TPSA) is 29.1 Å². The Hall–Kier alpha value is -0.190. The molecule has 0 aliphatic heterocycles. The second-order valence-corrected chi connectivity index (χ2v) is 6.62. The van der Waals surface area contributed by atoms with Crippen molar-refractivity contribution >= 4 is 26.7 Å². The van der Waals surface area contributed by atoms with E-state index in [1.54, 1.807) is 6.26 Å². The van der Waals surface area contributed by atoms with E-state index in [9.17, 15) is 4.21 Å². The summed E-state index contributed by atoms with van der Waals surface area (Å²) in [6.45, 7) is 4.88. The molecular weight excluding hydrogens is 286 g/mol. The molecule has 90 valence electrons. The molecule has 0 heterocycles. The van der Waals surface area contributed by atoms with Crippen LogP contribution in [0, 0.1) is 0 Å². The van der Waals surface area contributed by atoms with Crippen molar-refractivity contribution in [1.29, 1.82) is 0 Å². The summed E-state index contributed by atoms with van der Waals surface area (Å²) in [7, 11) is -0.763. The van der Waals surface area contributed by atoms with Crippen molar-refractivity contribution < 1.29 is 4.21 Å². The monoisotopic (exact) mass is 303 g/mol. The maximum Gasteiger partial charge on any atom is 0.0441 e. The number of halogens is 1. The number of benzene rings is 1. The molecule has 1 aromatic carbocycles. The molecule has 0 aliphatic rings. The zero-order chi connectivity index (χ0) is 12.1. The standard InChI is InChI=1S/C12H18BrNOS/c1-9(16(3)15)8-14-10(2)11-6-4-5-7-12(11)13/h4-7,9-10,14H,8H2,1-3H3. The summed E-state index contributed by atoms with van der Waals surface area (Å²) < 4.78 is 12.3. The first-order chi connectivity index (χ1) is 7.52. The molecule has 3 atom stereocenters. The second kappa shape index (κ2) is 6.52. The third kappa shape index (κ3) is 4.00. The molecular formula is C12H18BrNOS. The van der Waals surface area contributed by atoms with E-state index in [1.807, 2.05) is 25.1 Å². The second-order valence-electron chi connectivity index (χ2n) is 3.96. The highest BCUT2D eigenvalue weighted by atomic mass is 79.9. The lowest BCUT2D eigenvalue weighted by Crippen LogP contribution is -2.29. The molecule has 16 heavy (non-hydrogen) atoms. The van der Waals surface area contributed by atoms with Gasteiger partial charge in [-0.1, -0.05) is 34.1 Å². The van der Waals surface area contributed by atoms with Crippen molar-refractivity contribution in [2.45, 2.75) is 25.1 Å². The molecule has 2 nitrogen and oxygen atoms in total. The molecule has 0 radical (unpaired) electrons. The fourth-order valence-corrected chi connectivity index (χ4v) is 2.36. The van der Waals surface area contributed by atoms with Crippen LogP contribution in [0.2, 0.25) is 0 Å². The first-order valence-electron chi connectivity index (χ1n) is 5.32. The van der Waals surface area contributed by atoms with Crippen LogP contribution >= 0.6 is 15.9 Å². The van der Waals surface area contributed by atoms with Gasteiger partial charge in [0, 0.05) is 39.4 Å². The minimum Gasteiger partial charge on any atom is -0.309 e. The first-order valence-corrected chi connectivity index (χ1v) is 7.74. The van der Waals surface area contributed by atoms with E-state index in [-0.39, 0.29) is 11.3 Å². The summed E-state index contributed by atoms with van der Waals surface area (Å²) in [6, 6.07) is 8.43. The summed E-state index contributed by atoms with van der Waals surface area (Å²) in [6.07, 6.45) is 1.75. The Morgan fingerprint density at radius 3 is 2.56 bits per heavy atom. The van der Waals surface area contributed by atoms with Crippen LogP contribution in [0.5, 0.6) is 0 Å². The number of hydrogen-bond donors (Lipinski definition) is 1. The third-order valence-corrected chi connectivity index (χ3v) is 4.67. The summed E-state index contributed by atoms with van der Waals surface area (Å²) in [4.78, 5) is 0. The van der Waals surface area contributed by atoms with Gasteiger partial charge in [-0.2, -0.15) is 0 Å². The maximum absolute atomic E-state index is 11.2. The van der Waals surface area contributed by atoms with Gasteiger partial charge in [-0.05, 0) is 25.5 Å². The van der Waals surface area contributed by atoms with Crippen LogP contribution in [-0.4, -0.2) is 22.3 Å². The van der Waals surface area contributed by atoms with Crippen LogP contribution in [0.15, 0.2) is 28.7 Å². The molecule has 3 unspecified atom stereocenters. The lowest BCUT2D eigenvalue weighted by molar-refractivity contribution is 0.567. The molecule has 0 aromatic heterocycles. The van der Waals surface area contributed by atoms with Crippen molar-refractivity contribution in [3.8, 4) is 0 Å². The molecule has 1 aromatic rings. The lowest BCUT2D eigenvalue weighted by Gasteiger charge is -2.18. The van der Waals surface area contributed by atoms with Gasteiger partial charge in [0.25, 0.3) is 0 Å². The third-order valence-electron chi connectivity index (χ3n) is 2.65. The Balaban J connectivity index is 2.56. The van der Waals surface area contributed by atoms with Gasteiger partial charge < -0.3 is 5.32 Å². The summed E-state index contributed by atoms with van der Waals surface area (Å²) in [5.41, 5.74) is 1.23. The lowest BCUT2D eigenvalue weighted by atomic mass is 10.1. The molecule has 0 bridgehead atoms. The average molecular weight is 304 g/mol. The summed E-state index contributed by atoms with van der Waals surface area (Å²) in [5.74, 6) is 0. The van der Waals surface area contributed by atoms with Gasteiger partial charge in [0.1, 0.15) is 0 Å². The van der Waals surface area contributed by atoms with E-state index < -0.39 is 10.8 Å². The highest BCUT2D eigenvalue weighted by molar-refractivity contribution is 9.10. The van der Waals surface area contributed by atoms with E-state index in [0.717, 1.165) is 11.0 Å². The van der Waals surface area contributed by atoms with Crippen LogP contribution in [0.3, 0.4) is 0 Å². The zero-order valence-electron chi connectivity index (χ0n) is 9.87. The molecule has 0 saturated heterocycles. The SMILES string of the molecule is CC(NCC(C)S(C)=O)c1ccccc1Br. The van der Waals surface area contributed by atoms with E-state index in [4.69, 9.17) is 0 Å². The fraction of sp³-hybridized carbons (Fsp3) is 0.500. The van der Waals surface area contributed by atoms with Crippen molar-refractivity contribution in [3.63, 3.8) is 0 Å². The van der Waals surface area contributed by atoms with Gasteiger partial charge in [-0.3, -0.25) is 4.21 Å². The quantitative estimate of drug-likeness (QED) is 0.906. The molecule has 0 aliphatic carbocycles. The van der Waals surface area contributed by atoms with Crippen LogP contribution < -0.4 is 5.32 Å². The number of hydrogen-bond acceptors (Lipinski definition) is 2. The minimum atomic E-state index is -0.763. The van der Waals surface area contributed by atoms with Gasteiger partial charge in [0.15, 0.2) is 0 Å². The van der Waals surface area contributed by atoms with E-state index in [1.165, 1.54) is 5.56 Å². The predicted octanol–water partition coefficient (Wildman–Crippen LogP) is 2.87. The van der Waals surface area contributed by atoms with Crippen LogP contribution in [-0.2, 0) is 10.8 Å². The highest BCUT2D eigenvalue weighted by Gasteiger charge is 2.11. The average Bonchev–Trinajstić information content (AvgIpc) is 2.25. The highest BCUT2D eigenvalue weighted by Crippen LogP contribution is 2.22. The van der Waals surface area contributed by atoms with E-state index >= 15 is 0 Å². The van der Waals surface area contributed by atoms with Gasteiger partial charge in [-0.25, -0.2) is 0 Å². The van der Waals surface area contributed by atoms with Gasteiger partial charge in [0.2, 0.25) is 0 Å². The Morgan fingerprint density at radius 2 is 2.00 bits per heavy atom. The Labute approximate surface area is 108 Å². The molecule has 1 rings (SSSR count). The predicted molar refractivity (Wildman–Crippen MR) is 74.1 cm³/mol. The maximum atomic E-state index is 11.2. The summed E-state index contributed by atoms with van der Waals surface area (Å²) >= 11 is 3.53. The first kappa shape index (κ1) is 13.9. The zero-order valence-corrected chi connectivity index (χ0v) is 12.3. The Bertz CT molecular complexity index is 370. The van der Waals surface area contributed by atoms with Gasteiger partial charge in [-0.15, -0.1) is 0 Å². The van der Waals surface area contributed by atoms with Crippen molar-refractivity contribution in [3.05, 3.63) is 34.3 Å². The van der Waals surface area contributed by atoms with Crippen LogP contribution in [0.25, 0.3) is 0 Å². The molecule has 1 N–H and O–H groups in total. The number of nitrogens with one attached hydrogen (secondary N) is 1.